The number of imidazole rings is 1. The molecule has 17 N–H and O–H groups in total. The van der Waals surface area contributed by atoms with Gasteiger partial charge in [0.1, 0.15) is 18.3 Å². The molecule has 27 nitrogen and oxygen atoms in total. The molecule has 2 fully saturated rings. The molecule has 0 radical (unpaired) electrons. The number of hydrogen-bond acceptors (Lipinski definition) is 18. The number of ether oxygens (including phenoxy) is 1. The molecule has 8 bridgehead atoms. The van der Waals surface area contributed by atoms with Crippen molar-refractivity contribution in [2.75, 3.05) is 13.2 Å². The number of primary amides is 6. The Balaban J connectivity index is 1.19. The summed E-state index contributed by atoms with van der Waals surface area (Å²) >= 11 is 0. The minimum absolute atomic E-state index is 0.0114. The zero-order valence-electron chi connectivity index (χ0n) is 53.3. The van der Waals surface area contributed by atoms with Crippen molar-refractivity contribution in [2.45, 2.75) is 189 Å². The molecule has 90 heavy (non-hydrogen) atoms. The van der Waals surface area contributed by atoms with E-state index in [0.29, 0.717) is 56.4 Å². The molecule has 1 aromatic carbocycles. The minimum Gasteiger partial charge on any atom is -0.394 e. The number of aromatic nitrogens is 2. The highest BCUT2D eigenvalue weighted by Gasteiger charge is 2.66. The number of benzene rings is 1. The molecule has 28 heteroatoms. The van der Waals surface area contributed by atoms with Gasteiger partial charge in [0, 0.05) is 131 Å². The number of nitrogens with one attached hydrogen (secondary N) is 2. The van der Waals surface area contributed by atoms with E-state index >= 15 is 0 Å². The van der Waals surface area contributed by atoms with E-state index in [1.165, 1.54) is 13.3 Å². The van der Waals surface area contributed by atoms with Gasteiger partial charge in [-0.2, -0.15) is 0 Å². The van der Waals surface area contributed by atoms with Crippen LogP contribution in [0.2, 0.25) is 0 Å². The van der Waals surface area contributed by atoms with Crippen LogP contribution in [-0.2, 0) is 51.9 Å². The predicted octanol–water partition coefficient (Wildman–Crippen LogP) is 3.16. The van der Waals surface area contributed by atoms with E-state index in [9.17, 15) is 53.2 Å². The second-order valence-electron chi connectivity index (χ2n) is 27.1. The van der Waals surface area contributed by atoms with E-state index in [4.69, 9.17) is 63.2 Å². The molecule has 15 unspecified atom stereocenters. The summed E-state index contributed by atoms with van der Waals surface area (Å²) in [5.41, 5.74) is 37.4. The van der Waals surface area contributed by atoms with E-state index in [1.807, 2.05) is 87.4 Å². The number of aliphatic imine (C=N–C) groups is 3. The molecule has 492 valence electrons. The molecule has 6 aliphatic rings. The molecule has 0 saturated carbocycles. The highest BCUT2D eigenvalue weighted by atomic mass is 31.2. The van der Waals surface area contributed by atoms with Gasteiger partial charge in [-0.15, -0.1) is 0 Å². The summed E-state index contributed by atoms with van der Waals surface area (Å²) in [5.74, 6) is -7.18. The topological polar surface area (TPSA) is 460 Å². The number of nitrogens with two attached hydrogens (primary N) is 6. The summed E-state index contributed by atoms with van der Waals surface area (Å²) in [5, 5.41) is 28.2. The van der Waals surface area contributed by atoms with Gasteiger partial charge in [0.25, 0.3) is 0 Å². The molecule has 0 spiro atoms. The number of allylic oxidation sites excluding steroid dienone is 6. The number of phosphoric acid groups is 1. The van der Waals surface area contributed by atoms with Crippen LogP contribution in [0.3, 0.4) is 0 Å². The van der Waals surface area contributed by atoms with Crippen LogP contribution in [0.4, 0.5) is 0 Å². The zero-order chi connectivity index (χ0) is 66.7. The first kappa shape index (κ1) is 68.9. The number of amides is 7. The average Bonchev–Trinajstić information content (AvgIpc) is 1.53. The zero-order valence-corrected chi connectivity index (χ0v) is 54.1. The summed E-state index contributed by atoms with van der Waals surface area (Å²) in [6, 6.07) is 2.70. The van der Waals surface area contributed by atoms with Crippen LogP contribution in [0.15, 0.2) is 67.8 Å². The summed E-state index contributed by atoms with van der Waals surface area (Å²) in [4.78, 5) is 126. The maximum absolute atomic E-state index is 14.4. The molecule has 2 aromatic rings. The third kappa shape index (κ3) is 13.0. The van der Waals surface area contributed by atoms with Gasteiger partial charge < -0.3 is 69.4 Å². The SMILES string of the molecule is CC1=C2N=C(C=C3N/C(=C(/C)C4=NC(C)(C5N=C1C(C)(CCC(=O)NCC(C)OP(=O)(O)OC1C(CO)OC(n6cnc7cc(C)c(C)cc76)C1O)C5CC(N)=O)C(C)(CC(N)=O)C4CCC(N)=O)C(C)(CC(N)=O)C3CCC(N)=O)C(C)(C)C2CCC(N)=O. The van der Waals surface area contributed by atoms with Crippen LogP contribution in [0.5, 0.6) is 0 Å². The molecule has 7 amide bonds. The van der Waals surface area contributed by atoms with Crippen molar-refractivity contribution < 1.29 is 67.0 Å². The molecule has 1 aromatic heterocycles. The van der Waals surface area contributed by atoms with Crippen molar-refractivity contribution in [1.29, 1.82) is 0 Å². The fraction of sp³-hybridized carbons (Fsp3) is 0.629. The molecule has 0 aliphatic carbocycles. The maximum Gasteiger partial charge on any atom is 0.472 e. The highest BCUT2D eigenvalue weighted by molar-refractivity contribution is 7.47. The fourth-order valence-electron chi connectivity index (χ4n) is 15.4. The quantitative estimate of drug-likeness (QED) is 0.0603. The Kier molecular flexibility index (Phi) is 19.6. The second kappa shape index (κ2) is 25.6. The summed E-state index contributed by atoms with van der Waals surface area (Å²) < 4.78 is 32.3. The molecule has 8 rings (SSSR count). The number of fused-ring (bicyclic) bond motifs is 7. The standard InChI is InChI=1S/C62H90N13O14P/c1-29-20-39-40(21-30(29)2)75(28-70-39)57-52(84)53(41(27-76)87-57)89-90(85,86)88-31(3)26-69-49(83)18-19-59(8)37(22-46(66)80)56-62(11)61(10,25-48(68)82)36(14-17-45(65)79)51(74-62)33(5)55-60(9,24-47(67)81)34(12-15-43(63)77)38(71-55)23-42-58(6,7)35(13-16-44(64)78)50(72-42)32(4)54(59)73-56/h20-21,23,28,31,34-37,41,52-53,56-57,71,76,84H,12-19,22,24-27H2,1-11H3,(H2,63,77)(H2,64,78)(H2,65,79)(H2,66,80)(H2,67,81)(H2,68,82)(H,69,83)(H,85,86)/b38-23?,50-32?,55-33-. The van der Waals surface area contributed by atoms with Crippen LogP contribution in [0.1, 0.15) is 150 Å². The van der Waals surface area contributed by atoms with Gasteiger partial charge in [-0.1, -0.05) is 34.6 Å². The normalized spacial score (nSPS) is 32.8. The fourth-order valence-corrected chi connectivity index (χ4v) is 16.6. The molecule has 15 atom stereocenters. The number of phosphoric ester groups is 1. The first-order valence-electron chi connectivity index (χ1n) is 30.6. The molecule has 6 aliphatic heterocycles. The minimum atomic E-state index is -5.07. The number of aliphatic hydroxyl groups excluding tert-OH is 2. The number of nitrogens with zero attached hydrogens (tertiary/aromatic N) is 5. The second-order valence-corrected chi connectivity index (χ2v) is 28.4. The van der Waals surface area contributed by atoms with Crippen molar-refractivity contribution in [1.82, 2.24) is 20.2 Å². The number of rotatable bonds is 26. The van der Waals surface area contributed by atoms with Gasteiger partial charge in [0.05, 0.1) is 41.7 Å². The summed E-state index contributed by atoms with van der Waals surface area (Å²) in [6.07, 6.45) is -4.26. The number of aryl methyl sites for hydroxylation is 2. The van der Waals surface area contributed by atoms with Crippen molar-refractivity contribution in [3.8, 4) is 0 Å². The van der Waals surface area contributed by atoms with Crippen molar-refractivity contribution in [2.24, 2.45) is 94.7 Å². The van der Waals surface area contributed by atoms with E-state index in [0.717, 1.165) is 11.1 Å². The molecular weight excluding hydrogens is 1180 g/mol. The van der Waals surface area contributed by atoms with Gasteiger partial charge in [0.2, 0.25) is 41.4 Å². The van der Waals surface area contributed by atoms with Crippen LogP contribution < -0.4 is 45.0 Å². The monoisotopic (exact) mass is 1270 g/mol. The lowest BCUT2D eigenvalue weighted by Crippen LogP contribution is -2.56. The van der Waals surface area contributed by atoms with Gasteiger partial charge in [0.15, 0.2) is 6.23 Å². The molecule has 2 saturated heterocycles. The molecular formula is C62H90N13O14P. The van der Waals surface area contributed by atoms with Gasteiger partial charge >= 0.3 is 7.82 Å². The predicted molar refractivity (Wildman–Crippen MR) is 334 cm³/mol. The lowest BCUT2D eigenvalue weighted by atomic mass is 9.55. The first-order chi connectivity index (χ1) is 41.8. The largest absolute Gasteiger partial charge is 0.472 e. The van der Waals surface area contributed by atoms with Crippen molar-refractivity contribution in [3.05, 3.63) is 63.9 Å². The summed E-state index contributed by atoms with van der Waals surface area (Å²) in [7, 11) is -5.07. The third-order valence-electron chi connectivity index (χ3n) is 20.6. The Labute approximate surface area is 523 Å². The Morgan fingerprint density at radius 3 is 1.99 bits per heavy atom. The lowest BCUT2D eigenvalue weighted by molar-refractivity contribution is -0.124. The highest BCUT2D eigenvalue weighted by Crippen LogP contribution is 2.63. The van der Waals surface area contributed by atoms with Crippen molar-refractivity contribution in [3.63, 3.8) is 0 Å². The van der Waals surface area contributed by atoms with Crippen molar-refractivity contribution >= 4 is 77.3 Å². The number of carbonyl (C=O) groups is 7. The van der Waals surface area contributed by atoms with Gasteiger partial charge in [-0.05, 0) is 108 Å². The van der Waals surface area contributed by atoms with Crippen LogP contribution in [0, 0.1) is 59.2 Å². The average molecular weight is 1270 g/mol. The van der Waals surface area contributed by atoms with Gasteiger partial charge in [-0.3, -0.25) is 57.6 Å². The number of aliphatic hydroxyl groups is 2. The Hall–Kier alpha value is -7.00. The summed E-state index contributed by atoms with van der Waals surface area (Å²) in [6.45, 7) is 19.3. The Morgan fingerprint density at radius 2 is 1.40 bits per heavy atom. The Morgan fingerprint density at radius 1 is 0.800 bits per heavy atom. The first-order valence-corrected chi connectivity index (χ1v) is 32.1. The lowest BCUT2D eigenvalue weighted by Gasteiger charge is -2.48. The van der Waals surface area contributed by atoms with E-state index in [2.05, 4.69) is 15.6 Å². The smallest absolute Gasteiger partial charge is 0.394 e. The molecule has 7 heterocycles. The third-order valence-corrected chi connectivity index (χ3v) is 21.7. The van der Waals surface area contributed by atoms with E-state index in [1.54, 1.807) is 4.57 Å². The maximum atomic E-state index is 14.4. The van der Waals surface area contributed by atoms with Crippen LogP contribution in [0.25, 0.3) is 11.0 Å². The number of hydrogen-bond donors (Lipinski definition) is 11. The van der Waals surface area contributed by atoms with Crippen LogP contribution >= 0.6 is 7.82 Å². The Bertz CT molecular complexity index is 3540. The van der Waals surface area contributed by atoms with E-state index < -0.39 is 143 Å². The van der Waals surface area contributed by atoms with Gasteiger partial charge in [-0.25, -0.2) is 9.55 Å². The van der Waals surface area contributed by atoms with E-state index in [-0.39, 0.29) is 77.2 Å². The van der Waals surface area contributed by atoms with Crippen LogP contribution in [-0.4, -0.2) is 132 Å². The number of carbonyl (C=O) groups excluding carboxylic acids is 7.